The number of imidazole rings is 1. The number of halogens is 2. The first-order valence-corrected chi connectivity index (χ1v) is 20.8. The van der Waals surface area contributed by atoms with E-state index >= 15 is 8.78 Å². The molecular formula is C43H50F2N8O7S. The van der Waals surface area contributed by atoms with Gasteiger partial charge >= 0.3 is 5.97 Å². The van der Waals surface area contributed by atoms with E-state index in [1.807, 2.05) is 44.2 Å². The van der Waals surface area contributed by atoms with E-state index in [0.29, 0.717) is 36.3 Å². The zero-order valence-corrected chi connectivity index (χ0v) is 34.5. The number of carboxylic acid groups (broad SMARTS) is 1. The Morgan fingerprint density at radius 2 is 1.56 bits per heavy atom. The number of benzene rings is 3. The van der Waals surface area contributed by atoms with Gasteiger partial charge in [-0.05, 0) is 80.1 Å². The normalized spacial score (nSPS) is 13.4. The van der Waals surface area contributed by atoms with E-state index in [2.05, 4.69) is 16.0 Å². The van der Waals surface area contributed by atoms with Crippen LogP contribution in [0.15, 0.2) is 79.0 Å². The predicted octanol–water partition coefficient (Wildman–Crippen LogP) is 4.17. The minimum atomic E-state index is -1.33. The summed E-state index contributed by atoms with van der Waals surface area (Å²) in [6.07, 6.45) is 3.19. The first kappa shape index (κ1) is 46.0. The third-order valence-electron chi connectivity index (χ3n) is 9.69. The number of hydrogen-bond donors (Lipinski definition) is 8. The van der Waals surface area contributed by atoms with Crippen molar-refractivity contribution < 1.29 is 43.3 Å². The molecule has 4 atom stereocenters. The number of thioether (sulfide) groups is 1. The summed E-state index contributed by atoms with van der Waals surface area (Å²) in [4.78, 5) is 60.6. The second kappa shape index (κ2) is 21.4. The number of nitrogens with zero attached hydrogens (tertiary/aromatic N) is 3. The molecule has 10 N–H and O–H groups in total. The summed E-state index contributed by atoms with van der Waals surface area (Å²) in [5.74, 6) is -6.02. The van der Waals surface area contributed by atoms with Crippen LogP contribution in [0.5, 0.6) is 11.6 Å². The summed E-state index contributed by atoms with van der Waals surface area (Å²) in [6.45, 7) is 3.43. The van der Waals surface area contributed by atoms with Crippen molar-refractivity contribution in [2.45, 2.75) is 69.3 Å². The minimum absolute atomic E-state index is 0.0430. The summed E-state index contributed by atoms with van der Waals surface area (Å²) in [5, 5.41) is 37.4. The highest BCUT2D eigenvalue weighted by atomic mass is 32.2. The van der Waals surface area contributed by atoms with Crippen LogP contribution in [0.2, 0.25) is 0 Å². The fraction of sp³-hybridized carbons (Fsp3) is 0.349. The number of phenolic OH excluding ortho intramolecular Hbond substituents is 1. The van der Waals surface area contributed by atoms with E-state index in [9.17, 15) is 34.5 Å². The molecule has 0 fully saturated rings. The van der Waals surface area contributed by atoms with Gasteiger partial charge in [-0.2, -0.15) is 0 Å². The molecule has 324 valence electrons. The van der Waals surface area contributed by atoms with Gasteiger partial charge < -0.3 is 42.7 Å². The molecule has 3 amide bonds. The van der Waals surface area contributed by atoms with E-state index in [0.717, 1.165) is 29.5 Å². The molecule has 5 aromatic rings. The van der Waals surface area contributed by atoms with Crippen LogP contribution in [0.4, 0.5) is 8.78 Å². The lowest BCUT2D eigenvalue weighted by molar-refractivity contribution is -0.142. The summed E-state index contributed by atoms with van der Waals surface area (Å²) in [5.41, 5.74) is 13.7. The molecule has 0 bridgehead atoms. The topological polar surface area (TPSA) is 247 Å². The highest BCUT2D eigenvalue weighted by molar-refractivity contribution is 7.99. The Morgan fingerprint density at radius 3 is 2.20 bits per heavy atom. The number of nitrogens with one attached hydrogen (secondary N) is 3. The molecule has 0 aliphatic carbocycles. The van der Waals surface area contributed by atoms with Gasteiger partial charge in [-0.25, -0.2) is 23.5 Å². The van der Waals surface area contributed by atoms with Crippen molar-refractivity contribution in [1.82, 2.24) is 30.3 Å². The van der Waals surface area contributed by atoms with Crippen molar-refractivity contribution in [3.63, 3.8) is 0 Å². The van der Waals surface area contributed by atoms with E-state index in [1.54, 1.807) is 12.1 Å². The highest BCUT2D eigenvalue weighted by Gasteiger charge is 2.32. The average molecular weight is 861 g/mol. The van der Waals surface area contributed by atoms with Crippen molar-refractivity contribution in [2.24, 2.45) is 17.4 Å². The lowest BCUT2D eigenvalue weighted by Crippen LogP contribution is -2.54. The molecule has 0 radical (unpaired) electrons. The SMILES string of the molecule is CC(C)CC(NC(=O)CNC(=O)C(N)CS[C@@H](c1nc2c(Cc3ccccc3)nc(-c3ccc(O)cc3)cn2c1O)c1c(F)cccc1F)C(=O)NC(CCCCN)C(=O)O. The number of phenols is 1. The standard InChI is InChI=1S/C43H50F2N8O7S/c1-24(2)19-33(41(57)51-31(43(59)60)13-6-7-18-46)50-35(55)21-48-40(56)30(47)23-61-38(36-28(44)11-8-12-29(36)45)37-42(58)53-22-34(26-14-16-27(54)17-15-26)49-32(39(53)52-37)20-25-9-4-3-5-10-25/h3-5,8-12,14-17,22,24,30-31,33,38,54,58H,6-7,13,18-21,23,46-47H2,1-2H3,(H,48,56)(H,50,55)(H,51,57)(H,59,60)/t30?,31?,33?,38-/m1/s1. The van der Waals surface area contributed by atoms with Gasteiger partial charge in [0.15, 0.2) is 5.65 Å². The van der Waals surface area contributed by atoms with Gasteiger partial charge in [-0.15, -0.1) is 11.8 Å². The first-order chi connectivity index (χ1) is 29.2. The molecule has 0 aliphatic rings. The van der Waals surface area contributed by atoms with Gasteiger partial charge in [0.05, 0.1) is 29.2 Å². The summed E-state index contributed by atoms with van der Waals surface area (Å²) < 4.78 is 32.5. The molecule has 2 heterocycles. The van der Waals surface area contributed by atoms with Gasteiger partial charge in [0, 0.05) is 29.5 Å². The van der Waals surface area contributed by atoms with Gasteiger partial charge in [0.1, 0.15) is 35.2 Å². The lowest BCUT2D eigenvalue weighted by atomic mass is 10.0. The van der Waals surface area contributed by atoms with Gasteiger partial charge in [0.2, 0.25) is 23.6 Å². The van der Waals surface area contributed by atoms with Crippen LogP contribution in [0, 0.1) is 17.6 Å². The zero-order valence-electron chi connectivity index (χ0n) is 33.7. The van der Waals surface area contributed by atoms with E-state index in [1.165, 1.54) is 28.8 Å². The third kappa shape index (κ3) is 12.2. The Hall–Kier alpha value is -6.11. The number of hydrogen-bond acceptors (Lipinski definition) is 11. The molecule has 0 spiro atoms. The Morgan fingerprint density at radius 1 is 0.869 bits per heavy atom. The number of nitrogens with two attached hydrogens (primary N) is 2. The molecule has 0 saturated heterocycles. The number of rotatable bonds is 21. The maximum Gasteiger partial charge on any atom is 0.326 e. The quantitative estimate of drug-likeness (QED) is 0.0485. The Kier molecular flexibility index (Phi) is 16.1. The number of fused-ring (bicyclic) bond motifs is 1. The number of aliphatic carboxylic acids is 1. The van der Waals surface area contributed by atoms with Gasteiger partial charge in [-0.3, -0.25) is 18.8 Å². The second-order valence-electron chi connectivity index (χ2n) is 14.9. The number of aromatic nitrogens is 3. The van der Waals surface area contributed by atoms with Crippen LogP contribution in [0.3, 0.4) is 0 Å². The molecule has 2 aromatic heterocycles. The van der Waals surface area contributed by atoms with Crippen LogP contribution in [0.25, 0.3) is 16.9 Å². The highest BCUT2D eigenvalue weighted by Crippen LogP contribution is 2.43. The van der Waals surface area contributed by atoms with Crippen molar-refractivity contribution >= 4 is 41.1 Å². The van der Waals surface area contributed by atoms with E-state index < -0.39 is 76.7 Å². The Labute approximate surface area is 355 Å². The smallest absolute Gasteiger partial charge is 0.326 e. The molecule has 5 rings (SSSR count). The number of carboxylic acids is 1. The van der Waals surface area contributed by atoms with Crippen molar-refractivity contribution in [1.29, 1.82) is 0 Å². The fourth-order valence-electron chi connectivity index (χ4n) is 6.57. The third-order valence-corrected chi connectivity index (χ3v) is 11.0. The number of amides is 3. The molecule has 0 aliphatic heterocycles. The molecule has 61 heavy (non-hydrogen) atoms. The maximum absolute atomic E-state index is 15.6. The van der Waals surface area contributed by atoms with Crippen molar-refractivity contribution in [2.75, 3.05) is 18.8 Å². The minimum Gasteiger partial charge on any atom is -0.508 e. The fourth-order valence-corrected chi connectivity index (χ4v) is 7.83. The average Bonchev–Trinajstić information content (AvgIpc) is 3.56. The number of unbranched alkanes of at least 4 members (excludes halogenated alkanes) is 1. The molecule has 3 unspecified atom stereocenters. The monoisotopic (exact) mass is 860 g/mol. The Balaban J connectivity index is 1.36. The Bertz CT molecular complexity index is 2290. The first-order valence-electron chi connectivity index (χ1n) is 19.7. The molecule has 3 aromatic carbocycles. The number of aromatic hydroxyl groups is 2. The molecule has 18 heteroatoms. The van der Waals surface area contributed by atoms with Crippen LogP contribution >= 0.6 is 11.8 Å². The van der Waals surface area contributed by atoms with E-state index in [-0.39, 0.29) is 48.0 Å². The largest absolute Gasteiger partial charge is 0.508 e. The number of carbonyl (C=O) groups excluding carboxylic acids is 3. The lowest BCUT2D eigenvalue weighted by Gasteiger charge is -2.23. The van der Waals surface area contributed by atoms with Gasteiger partial charge in [0.25, 0.3) is 0 Å². The maximum atomic E-state index is 15.6. The summed E-state index contributed by atoms with van der Waals surface area (Å²) in [7, 11) is 0. The second-order valence-corrected chi connectivity index (χ2v) is 16.0. The van der Waals surface area contributed by atoms with E-state index in [4.69, 9.17) is 21.4 Å². The summed E-state index contributed by atoms with van der Waals surface area (Å²) in [6, 6.07) is 15.4. The zero-order chi connectivity index (χ0) is 44.2. The van der Waals surface area contributed by atoms with Gasteiger partial charge in [-0.1, -0.05) is 50.2 Å². The van der Waals surface area contributed by atoms with Crippen LogP contribution < -0.4 is 27.4 Å². The molecule has 0 saturated carbocycles. The number of carbonyl (C=O) groups is 4. The summed E-state index contributed by atoms with van der Waals surface area (Å²) >= 11 is 0.846. The predicted molar refractivity (Wildman–Crippen MR) is 227 cm³/mol. The van der Waals surface area contributed by atoms with Crippen LogP contribution in [-0.2, 0) is 25.6 Å². The van der Waals surface area contributed by atoms with Crippen LogP contribution in [-0.4, -0.2) is 90.3 Å². The van der Waals surface area contributed by atoms with Crippen molar-refractivity contribution in [3.8, 4) is 22.9 Å². The molecule has 15 nitrogen and oxygen atoms in total. The van der Waals surface area contributed by atoms with Crippen molar-refractivity contribution in [3.05, 3.63) is 113 Å². The molecular weight excluding hydrogens is 811 g/mol. The van der Waals surface area contributed by atoms with Crippen LogP contribution in [0.1, 0.15) is 67.3 Å².